The van der Waals surface area contributed by atoms with Gasteiger partial charge in [-0.1, -0.05) is 23.4 Å². The third-order valence-electron chi connectivity index (χ3n) is 6.51. The molecule has 5 aromatic rings. The SMILES string of the molecule is COc1cc(OC)c(-c2cc3ccccc3n2C)cc1C=CC(=O)c1ccc(S(=O)(=O)Nc2cc(C)on2)cc1.[Na]. The Morgan fingerprint density at radius 2 is 1.68 bits per heavy atom. The number of para-hydroxylation sites is 1. The molecule has 0 aliphatic heterocycles. The second-order valence-electron chi connectivity index (χ2n) is 9.09. The summed E-state index contributed by atoms with van der Waals surface area (Å²) in [6.45, 7) is 1.66. The fraction of sp³-hybridized carbons (Fsp3) is 0.133. The number of benzene rings is 3. The molecule has 0 aliphatic carbocycles. The van der Waals surface area contributed by atoms with Crippen LogP contribution < -0.4 is 14.2 Å². The van der Waals surface area contributed by atoms with Crippen molar-refractivity contribution in [3.8, 4) is 22.8 Å². The maximum absolute atomic E-state index is 13.0. The first-order valence-electron chi connectivity index (χ1n) is 12.3. The largest absolute Gasteiger partial charge is 0.496 e. The first kappa shape index (κ1) is 30.1. The molecule has 0 saturated heterocycles. The number of anilines is 1. The number of carbonyl (C=O) groups is 1. The van der Waals surface area contributed by atoms with Crippen LogP contribution in [0.25, 0.3) is 28.2 Å². The van der Waals surface area contributed by atoms with Crippen molar-refractivity contribution in [3.63, 3.8) is 0 Å². The van der Waals surface area contributed by atoms with Gasteiger partial charge in [0.1, 0.15) is 17.3 Å². The van der Waals surface area contributed by atoms with E-state index in [-0.39, 0.29) is 46.1 Å². The van der Waals surface area contributed by atoms with Gasteiger partial charge < -0.3 is 18.6 Å². The minimum atomic E-state index is -3.89. The van der Waals surface area contributed by atoms with Gasteiger partial charge in [0.15, 0.2) is 11.6 Å². The zero-order valence-corrected chi connectivity index (χ0v) is 26.2. The van der Waals surface area contributed by atoms with E-state index in [1.807, 2.05) is 25.2 Å². The van der Waals surface area contributed by atoms with Crippen LogP contribution in [0.2, 0.25) is 0 Å². The number of allylic oxidation sites excluding steroid dienone is 1. The van der Waals surface area contributed by atoms with E-state index in [1.54, 1.807) is 33.3 Å². The molecular formula is C30H27N3NaO6S. The quantitative estimate of drug-likeness (QED) is 0.140. The summed E-state index contributed by atoms with van der Waals surface area (Å²) in [5, 5.41) is 4.74. The van der Waals surface area contributed by atoms with Gasteiger partial charge in [-0.2, -0.15) is 0 Å². The van der Waals surface area contributed by atoms with Gasteiger partial charge in [0.05, 0.1) is 24.8 Å². The number of aromatic nitrogens is 2. The van der Waals surface area contributed by atoms with E-state index in [0.29, 0.717) is 28.4 Å². The molecule has 1 N–H and O–H groups in total. The van der Waals surface area contributed by atoms with Crippen LogP contribution in [0.15, 0.2) is 88.3 Å². The minimum Gasteiger partial charge on any atom is -0.496 e. The molecule has 0 unspecified atom stereocenters. The van der Waals surface area contributed by atoms with Crippen LogP contribution in [0.1, 0.15) is 21.7 Å². The molecule has 0 atom stereocenters. The molecule has 5 rings (SSSR count). The zero-order chi connectivity index (χ0) is 28.4. The van der Waals surface area contributed by atoms with Crippen LogP contribution in [0, 0.1) is 6.92 Å². The maximum Gasteiger partial charge on any atom is 0.263 e. The van der Waals surface area contributed by atoms with Crippen molar-refractivity contribution in [1.82, 2.24) is 9.72 Å². The average molecular weight is 581 g/mol. The predicted octanol–water partition coefficient (Wildman–Crippen LogP) is 5.48. The number of nitrogens with zero attached hydrogens (tertiary/aromatic N) is 2. The number of hydrogen-bond donors (Lipinski definition) is 1. The van der Waals surface area contributed by atoms with Gasteiger partial charge >= 0.3 is 0 Å². The van der Waals surface area contributed by atoms with Gasteiger partial charge in [0.25, 0.3) is 10.0 Å². The molecule has 0 aliphatic rings. The molecule has 0 saturated carbocycles. The number of methoxy groups -OCH3 is 2. The average Bonchev–Trinajstić information content (AvgIpc) is 3.52. The van der Waals surface area contributed by atoms with Crippen molar-refractivity contribution in [3.05, 3.63) is 95.8 Å². The number of sulfonamides is 1. The Bertz CT molecular complexity index is 1860. The molecule has 0 spiro atoms. The smallest absolute Gasteiger partial charge is 0.263 e. The number of ether oxygens (including phenoxy) is 2. The van der Waals surface area contributed by atoms with Crippen molar-refractivity contribution in [2.24, 2.45) is 7.05 Å². The molecule has 0 fully saturated rings. The van der Waals surface area contributed by atoms with Gasteiger partial charge in [0.2, 0.25) is 0 Å². The second-order valence-corrected chi connectivity index (χ2v) is 10.8. The molecule has 205 valence electrons. The molecule has 41 heavy (non-hydrogen) atoms. The summed E-state index contributed by atoms with van der Waals surface area (Å²) >= 11 is 0. The van der Waals surface area contributed by atoms with Crippen molar-refractivity contribution in [2.45, 2.75) is 11.8 Å². The molecule has 2 heterocycles. The fourth-order valence-electron chi connectivity index (χ4n) is 4.47. The summed E-state index contributed by atoms with van der Waals surface area (Å²) in [5.41, 5.74) is 3.89. The Morgan fingerprint density at radius 3 is 2.32 bits per heavy atom. The Balaban J connectivity index is 0.00000387. The predicted molar refractivity (Wildman–Crippen MR) is 159 cm³/mol. The van der Waals surface area contributed by atoms with Gasteiger partial charge in [-0.15, -0.1) is 0 Å². The molecule has 11 heteroatoms. The van der Waals surface area contributed by atoms with Crippen LogP contribution >= 0.6 is 0 Å². The topological polar surface area (TPSA) is 113 Å². The summed E-state index contributed by atoms with van der Waals surface area (Å²) < 4.78 is 45.9. The van der Waals surface area contributed by atoms with Crippen molar-refractivity contribution in [2.75, 3.05) is 18.9 Å². The van der Waals surface area contributed by atoms with Crippen molar-refractivity contribution in [1.29, 1.82) is 0 Å². The number of aryl methyl sites for hydroxylation is 2. The third-order valence-corrected chi connectivity index (χ3v) is 7.88. The van der Waals surface area contributed by atoms with Crippen LogP contribution in [0.4, 0.5) is 5.82 Å². The summed E-state index contributed by atoms with van der Waals surface area (Å²) in [6.07, 6.45) is 3.10. The summed E-state index contributed by atoms with van der Waals surface area (Å²) in [4.78, 5) is 13.0. The number of fused-ring (bicyclic) bond motifs is 1. The monoisotopic (exact) mass is 580 g/mol. The van der Waals surface area contributed by atoms with Crippen LogP contribution in [0.3, 0.4) is 0 Å². The first-order chi connectivity index (χ1) is 19.2. The molecule has 0 bridgehead atoms. The van der Waals surface area contributed by atoms with E-state index in [2.05, 4.69) is 32.6 Å². The van der Waals surface area contributed by atoms with Crippen molar-refractivity contribution >= 4 is 68.2 Å². The zero-order valence-electron chi connectivity index (χ0n) is 23.3. The number of nitrogens with one attached hydrogen (secondary N) is 1. The van der Waals surface area contributed by atoms with E-state index < -0.39 is 10.0 Å². The molecule has 3 aromatic carbocycles. The van der Waals surface area contributed by atoms with Gasteiger partial charge in [-0.25, -0.2) is 8.42 Å². The number of carbonyl (C=O) groups excluding carboxylic acids is 1. The fourth-order valence-corrected chi connectivity index (χ4v) is 5.46. The standard InChI is InChI=1S/C30H27N3O6S.Na/c1-19-15-30(31-39-19)32-40(35,36)23-12-9-20(10-13-23)27(34)14-11-22-16-24(29(38-4)18-28(22)37-3)26-17-21-7-5-6-8-25(21)33(26)2;/h5-18H,1-4H3,(H,31,32);. The Labute approximate surface area is 260 Å². The summed E-state index contributed by atoms with van der Waals surface area (Å²) in [7, 11) is 1.26. The van der Waals surface area contributed by atoms with Gasteiger partial charge in [-0.05, 0) is 61.5 Å². The first-order valence-corrected chi connectivity index (χ1v) is 13.8. The van der Waals surface area contributed by atoms with E-state index in [1.165, 1.54) is 36.4 Å². The molecule has 2 aromatic heterocycles. The Kier molecular flexibility index (Phi) is 9.08. The number of rotatable bonds is 9. The van der Waals surface area contributed by atoms with Crippen LogP contribution in [-0.2, 0) is 17.1 Å². The normalized spacial score (nSPS) is 11.4. The maximum atomic E-state index is 13.0. The molecule has 9 nitrogen and oxygen atoms in total. The molecular weight excluding hydrogens is 553 g/mol. The number of hydrogen-bond acceptors (Lipinski definition) is 7. The molecule has 1 radical (unpaired) electrons. The summed E-state index contributed by atoms with van der Waals surface area (Å²) in [5.74, 6) is 1.43. The van der Waals surface area contributed by atoms with Gasteiger partial charge in [-0.3, -0.25) is 9.52 Å². The van der Waals surface area contributed by atoms with Gasteiger partial charge in [0, 0.05) is 76.3 Å². The third kappa shape index (κ3) is 6.25. The minimum absolute atomic E-state index is 0. The second kappa shape index (κ2) is 12.4. The Morgan fingerprint density at radius 1 is 0.976 bits per heavy atom. The van der Waals surface area contributed by atoms with Crippen LogP contribution in [0.5, 0.6) is 11.5 Å². The Hall–Kier alpha value is -3.83. The van der Waals surface area contributed by atoms with E-state index in [9.17, 15) is 13.2 Å². The van der Waals surface area contributed by atoms with E-state index >= 15 is 0 Å². The number of ketones is 1. The van der Waals surface area contributed by atoms with E-state index in [0.717, 1.165) is 22.2 Å². The van der Waals surface area contributed by atoms with E-state index in [4.69, 9.17) is 14.0 Å². The summed E-state index contributed by atoms with van der Waals surface area (Å²) in [6, 6.07) is 21.0. The van der Waals surface area contributed by atoms with Crippen LogP contribution in [-0.4, -0.2) is 67.7 Å². The molecule has 0 amide bonds. The van der Waals surface area contributed by atoms with Crippen molar-refractivity contribution < 1.29 is 27.2 Å².